The smallest absolute Gasteiger partial charge is 0.246 e. The fourth-order valence-electron chi connectivity index (χ4n) is 3.22. The topological polar surface area (TPSA) is 43.9 Å². The molecule has 1 saturated heterocycles. The average Bonchev–Trinajstić information content (AvgIpc) is 3.01. The lowest BCUT2D eigenvalue weighted by molar-refractivity contribution is 0.219. The Morgan fingerprint density at radius 2 is 1.77 bits per heavy atom. The quantitative estimate of drug-likeness (QED) is 0.635. The Bertz CT molecular complexity index is 728. The molecule has 0 spiro atoms. The Balaban J connectivity index is 2.34. The minimum absolute atomic E-state index is 0.0327. The van der Waals surface area contributed by atoms with Crippen molar-refractivity contribution in [2.75, 3.05) is 46.8 Å². The van der Waals surface area contributed by atoms with Gasteiger partial charge in [0.25, 0.3) is 0 Å². The van der Waals surface area contributed by atoms with Crippen molar-refractivity contribution in [3.8, 4) is 0 Å². The number of nitrogens with zero attached hydrogens (tertiary/aromatic N) is 3. The number of sulfonamides is 1. The zero-order valence-electron chi connectivity index (χ0n) is 15.4. The maximum absolute atomic E-state index is 14.1. The molecule has 1 heterocycles. The second-order valence-electron chi connectivity index (χ2n) is 6.79. The SMILES string of the molecule is CCN1CCCC1CN(CCN(C)C)S(=O)(=O)c1cc(F)c(F)cc1F. The Labute approximate surface area is 153 Å². The molecule has 1 aromatic rings. The zero-order chi connectivity index (χ0) is 19.5. The second kappa shape index (κ2) is 8.69. The van der Waals surface area contributed by atoms with Crippen LogP contribution < -0.4 is 0 Å². The van der Waals surface area contributed by atoms with E-state index in [2.05, 4.69) is 4.90 Å². The Morgan fingerprint density at radius 1 is 1.12 bits per heavy atom. The van der Waals surface area contributed by atoms with Gasteiger partial charge in [0.1, 0.15) is 10.7 Å². The third-order valence-electron chi connectivity index (χ3n) is 4.71. The molecule has 2 rings (SSSR count). The van der Waals surface area contributed by atoms with Crippen LogP contribution in [-0.2, 0) is 10.0 Å². The van der Waals surface area contributed by atoms with Crippen molar-refractivity contribution in [1.29, 1.82) is 0 Å². The standard InChI is InChI=1S/C17H26F3N3O2S/c1-4-22-7-5-6-13(22)12-23(9-8-21(2)3)26(24,25)17-11-15(19)14(18)10-16(17)20/h10-11,13H,4-9,12H2,1-3H3. The average molecular weight is 393 g/mol. The van der Waals surface area contributed by atoms with E-state index in [0.29, 0.717) is 12.6 Å². The third-order valence-corrected chi connectivity index (χ3v) is 6.59. The fourth-order valence-corrected chi connectivity index (χ4v) is 4.74. The Morgan fingerprint density at radius 3 is 2.38 bits per heavy atom. The van der Waals surface area contributed by atoms with E-state index in [1.54, 1.807) is 14.1 Å². The molecule has 1 aliphatic heterocycles. The minimum Gasteiger partial charge on any atom is -0.308 e. The molecule has 1 aliphatic rings. The Kier molecular flexibility index (Phi) is 7.06. The van der Waals surface area contributed by atoms with Gasteiger partial charge in [0.15, 0.2) is 11.6 Å². The van der Waals surface area contributed by atoms with Crippen LogP contribution in [-0.4, -0.2) is 75.4 Å². The van der Waals surface area contributed by atoms with E-state index in [1.807, 2.05) is 11.8 Å². The number of hydrogen-bond donors (Lipinski definition) is 0. The largest absolute Gasteiger partial charge is 0.308 e. The number of halogens is 3. The molecule has 9 heteroatoms. The first kappa shape index (κ1) is 21.1. The van der Waals surface area contributed by atoms with Gasteiger partial charge >= 0.3 is 0 Å². The minimum atomic E-state index is -4.29. The number of likely N-dealkylation sites (N-methyl/N-ethyl adjacent to an activating group) is 2. The van der Waals surface area contributed by atoms with Crippen molar-refractivity contribution >= 4 is 10.0 Å². The lowest BCUT2D eigenvalue weighted by atomic mass is 10.2. The van der Waals surface area contributed by atoms with E-state index in [4.69, 9.17) is 0 Å². The maximum atomic E-state index is 14.1. The van der Waals surface area contributed by atoms with Gasteiger partial charge in [-0.3, -0.25) is 4.90 Å². The highest BCUT2D eigenvalue weighted by Gasteiger charge is 2.33. The van der Waals surface area contributed by atoms with Gasteiger partial charge in [-0.05, 0) is 46.1 Å². The van der Waals surface area contributed by atoms with E-state index >= 15 is 0 Å². The van der Waals surface area contributed by atoms with Crippen LogP contribution in [0.5, 0.6) is 0 Å². The van der Waals surface area contributed by atoms with Crippen LogP contribution in [0.4, 0.5) is 13.2 Å². The molecule has 0 N–H and O–H groups in total. The van der Waals surface area contributed by atoms with Crippen molar-refractivity contribution in [1.82, 2.24) is 14.1 Å². The summed E-state index contributed by atoms with van der Waals surface area (Å²) >= 11 is 0. The molecular formula is C17H26F3N3O2S. The molecule has 0 bridgehead atoms. The van der Waals surface area contributed by atoms with E-state index in [9.17, 15) is 21.6 Å². The second-order valence-corrected chi connectivity index (χ2v) is 8.69. The highest BCUT2D eigenvalue weighted by molar-refractivity contribution is 7.89. The summed E-state index contributed by atoms with van der Waals surface area (Å²) in [6.45, 7) is 4.47. The summed E-state index contributed by atoms with van der Waals surface area (Å²) in [5.74, 6) is -4.07. The van der Waals surface area contributed by atoms with Gasteiger partial charge in [-0.2, -0.15) is 4.31 Å². The van der Waals surface area contributed by atoms with Crippen LogP contribution in [0, 0.1) is 17.5 Å². The maximum Gasteiger partial charge on any atom is 0.246 e. The number of hydrogen-bond acceptors (Lipinski definition) is 4. The predicted octanol–water partition coefficient (Wildman–Crippen LogP) is 2.14. The van der Waals surface area contributed by atoms with E-state index in [0.717, 1.165) is 25.9 Å². The predicted molar refractivity (Wildman–Crippen MR) is 93.9 cm³/mol. The van der Waals surface area contributed by atoms with Gasteiger partial charge in [-0.25, -0.2) is 21.6 Å². The fraction of sp³-hybridized carbons (Fsp3) is 0.647. The molecule has 5 nitrogen and oxygen atoms in total. The van der Waals surface area contributed by atoms with Gasteiger partial charge < -0.3 is 4.90 Å². The van der Waals surface area contributed by atoms with Crippen molar-refractivity contribution in [3.05, 3.63) is 29.6 Å². The van der Waals surface area contributed by atoms with Gasteiger partial charge in [0.05, 0.1) is 0 Å². The van der Waals surface area contributed by atoms with Gasteiger partial charge in [0.2, 0.25) is 10.0 Å². The molecule has 0 amide bonds. The van der Waals surface area contributed by atoms with Crippen molar-refractivity contribution < 1.29 is 21.6 Å². The lowest BCUT2D eigenvalue weighted by Gasteiger charge is -2.30. The van der Waals surface area contributed by atoms with Crippen molar-refractivity contribution in [3.63, 3.8) is 0 Å². The number of likely N-dealkylation sites (tertiary alicyclic amines) is 1. The first-order valence-corrected chi connectivity index (χ1v) is 10.1. The summed E-state index contributed by atoms with van der Waals surface area (Å²) in [6.07, 6.45) is 1.82. The zero-order valence-corrected chi connectivity index (χ0v) is 16.2. The molecule has 0 radical (unpaired) electrons. The molecule has 1 unspecified atom stereocenters. The molecule has 1 fully saturated rings. The number of benzene rings is 1. The molecule has 0 saturated carbocycles. The molecule has 0 aliphatic carbocycles. The Hall–Kier alpha value is -1.16. The van der Waals surface area contributed by atoms with Gasteiger partial charge in [-0.1, -0.05) is 6.92 Å². The summed E-state index contributed by atoms with van der Waals surface area (Å²) in [6, 6.07) is 0.736. The van der Waals surface area contributed by atoms with Crippen LogP contribution in [0.15, 0.2) is 17.0 Å². The van der Waals surface area contributed by atoms with Gasteiger partial charge in [0, 0.05) is 31.7 Å². The summed E-state index contributed by atoms with van der Waals surface area (Å²) in [7, 11) is -0.683. The first-order chi connectivity index (χ1) is 12.2. The molecule has 0 aromatic heterocycles. The van der Waals surface area contributed by atoms with Crippen LogP contribution in [0.2, 0.25) is 0 Å². The highest BCUT2D eigenvalue weighted by atomic mass is 32.2. The van der Waals surface area contributed by atoms with Crippen LogP contribution in [0.25, 0.3) is 0 Å². The molecule has 148 valence electrons. The summed E-state index contributed by atoms with van der Waals surface area (Å²) in [5.41, 5.74) is 0. The molecular weight excluding hydrogens is 367 g/mol. The summed E-state index contributed by atoms with van der Waals surface area (Å²) in [5, 5.41) is 0. The first-order valence-electron chi connectivity index (χ1n) is 8.70. The summed E-state index contributed by atoms with van der Waals surface area (Å²) in [4.78, 5) is 3.17. The van der Waals surface area contributed by atoms with Crippen molar-refractivity contribution in [2.24, 2.45) is 0 Å². The molecule has 1 aromatic carbocycles. The molecule has 26 heavy (non-hydrogen) atoms. The van der Waals surface area contributed by atoms with E-state index in [-0.39, 0.29) is 25.2 Å². The van der Waals surface area contributed by atoms with Crippen LogP contribution >= 0.6 is 0 Å². The molecule has 1 atom stereocenters. The number of rotatable bonds is 8. The lowest BCUT2D eigenvalue weighted by Crippen LogP contribution is -2.45. The van der Waals surface area contributed by atoms with Crippen LogP contribution in [0.1, 0.15) is 19.8 Å². The normalized spacial score (nSPS) is 19.0. The van der Waals surface area contributed by atoms with E-state index < -0.39 is 32.4 Å². The van der Waals surface area contributed by atoms with E-state index in [1.165, 1.54) is 4.31 Å². The third kappa shape index (κ3) is 4.76. The monoisotopic (exact) mass is 393 g/mol. The van der Waals surface area contributed by atoms with Gasteiger partial charge in [-0.15, -0.1) is 0 Å². The highest BCUT2D eigenvalue weighted by Crippen LogP contribution is 2.25. The van der Waals surface area contributed by atoms with Crippen molar-refractivity contribution in [2.45, 2.75) is 30.7 Å². The summed E-state index contributed by atoms with van der Waals surface area (Å²) < 4.78 is 68.0. The van der Waals surface area contributed by atoms with Crippen LogP contribution in [0.3, 0.4) is 0 Å².